The fourth-order valence-electron chi connectivity index (χ4n) is 2.85. The predicted octanol–water partition coefficient (Wildman–Crippen LogP) is 2.62. The molecular weight excluding hydrogens is 285 g/mol. The van der Waals surface area contributed by atoms with Crippen LogP contribution in [0.25, 0.3) is 0 Å². The number of anilines is 1. The first-order valence-corrected chi connectivity index (χ1v) is 7.06. The van der Waals surface area contributed by atoms with Crippen LogP contribution in [0.1, 0.15) is 11.1 Å². The lowest BCUT2D eigenvalue weighted by molar-refractivity contribution is -0.385. The van der Waals surface area contributed by atoms with Gasteiger partial charge in [0.1, 0.15) is 5.82 Å². The van der Waals surface area contributed by atoms with Gasteiger partial charge in [-0.1, -0.05) is 18.2 Å². The molecule has 0 radical (unpaired) electrons. The van der Waals surface area contributed by atoms with Crippen LogP contribution in [0.2, 0.25) is 0 Å². The van der Waals surface area contributed by atoms with Crippen molar-refractivity contribution in [3.63, 3.8) is 0 Å². The number of halogens is 1. The number of rotatable bonds is 3. The van der Waals surface area contributed by atoms with Crippen molar-refractivity contribution in [3.8, 4) is 0 Å². The first-order valence-electron chi connectivity index (χ1n) is 7.06. The Kier molecular flexibility index (Phi) is 3.77. The zero-order chi connectivity index (χ0) is 15.7. The van der Waals surface area contributed by atoms with E-state index in [1.807, 2.05) is 29.2 Å². The molecule has 2 aromatic rings. The van der Waals surface area contributed by atoms with Crippen molar-refractivity contribution in [2.45, 2.75) is 19.0 Å². The highest BCUT2D eigenvalue weighted by Gasteiger charge is 2.23. The van der Waals surface area contributed by atoms with Crippen molar-refractivity contribution in [2.75, 3.05) is 11.4 Å². The fraction of sp³-hybridized carbons (Fsp3) is 0.250. The molecule has 0 spiro atoms. The van der Waals surface area contributed by atoms with E-state index in [4.69, 9.17) is 5.73 Å². The number of non-ortho nitro benzene ring substituents is 1. The molecule has 0 saturated carbocycles. The van der Waals surface area contributed by atoms with Crippen molar-refractivity contribution >= 4 is 11.4 Å². The lowest BCUT2D eigenvalue weighted by atomic mass is 9.98. The van der Waals surface area contributed by atoms with Gasteiger partial charge < -0.3 is 10.6 Å². The standard InChI is InChI=1S/C16H16FN3O2/c17-15-8-14(20(21)22)6-5-12(15)9-19-10-13(18)7-11-3-1-2-4-16(11)19/h1-6,8,13H,7,9-10,18H2. The van der Waals surface area contributed by atoms with E-state index in [2.05, 4.69) is 0 Å². The molecule has 2 aromatic carbocycles. The molecule has 1 aliphatic heterocycles. The Balaban J connectivity index is 1.89. The molecular formula is C16H16FN3O2. The average Bonchev–Trinajstić information content (AvgIpc) is 2.49. The normalized spacial score (nSPS) is 17.2. The van der Waals surface area contributed by atoms with E-state index in [0.717, 1.165) is 23.7 Å². The molecule has 0 bridgehead atoms. The molecule has 0 fully saturated rings. The van der Waals surface area contributed by atoms with Crippen LogP contribution in [0.15, 0.2) is 42.5 Å². The minimum absolute atomic E-state index is 0.00369. The van der Waals surface area contributed by atoms with E-state index in [-0.39, 0.29) is 11.7 Å². The maximum atomic E-state index is 14.1. The lowest BCUT2D eigenvalue weighted by Gasteiger charge is -2.34. The number of nitrogens with zero attached hydrogens (tertiary/aromatic N) is 2. The summed E-state index contributed by atoms with van der Waals surface area (Å²) in [6, 6.07) is 11.7. The highest BCUT2D eigenvalue weighted by Crippen LogP contribution is 2.28. The molecule has 6 heteroatoms. The monoisotopic (exact) mass is 301 g/mol. The van der Waals surface area contributed by atoms with E-state index >= 15 is 0 Å². The Morgan fingerprint density at radius 3 is 2.82 bits per heavy atom. The van der Waals surface area contributed by atoms with E-state index in [9.17, 15) is 14.5 Å². The molecule has 0 saturated heterocycles. The summed E-state index contributed by atoms with van der Waals surface area (Å²) in [6.07, 6.45) is 0.801. The van der Waals surface area contributed by atoms with Crippen LogP contribution in [0.5, 0.6) is 0 Å². The molecule has 2 N–H and O–H groups in total. The van der Waals surface area contributed by atoms with E-state index in [1.54, 1.807) is 0 Å². The summed E-state index contributed by atoms with van der Waals surface area (Å²) in [5.41, 5.74) is 8.44. The summed E-state index contributed by atoms with van der Waals surface area (Å²) < 4.78 is 14.1. The van der Waals surface area contributed by atoms with Crippen molar-refractivity contribution in [3.05, 3.63) is 69.5 Å². The highest BCUT2D eigenvalue weighted by molar-refractivity contribution is 5.56. The number of nitro benzene ring substituents is 1. The quantitative estimate of drug-likeness (QED) is 0.698. The number of hydrogen-bond acceptors (Lipinski definition) is 4. The molecule has 5 nitrogen and oxygen atoms in total. The van der Waals surface area contributed by atoms with Gasteiger partial charge in [-0.2, -0.15) is 0 Å². The van der Waals surface area contributed by atoms with Crippen LogP contribution in [0, 0.1) is 15.9 Å². The molecule has 0 aromatic heterocycles. The summed E-state index contributed by atoms with van der Waals surface area (Å²) in [5, 5.41) is 10.7. The van der Waals surface area contributed by atoms with Crippen molar-refractivity contribution < 1.29 is 9.31 Å². The Bertz CT molecular complexity index is 720. The fourth-order valence-corrected chi connectivity index (χ4v) is 2.85. The zero-order valence-corrected chi connectivity index (χ0v) is 11.9. The second-order valence-electron chi connectivity index (χ2n) is 5.51. The van der Waals surface area contributed by atoms with Gasteiger partial charge in [-0.15, -0.1) is 0 Å². The zero-order valence-electron chi connectivity index (χ0n) is 11.9. The van der Waals surface area contributed by atoms with Crippen LogP contribution >= 0.6 is 0 Å². The Morgan fingerprint density at radius 1 is 1.32 bits per heavy atom. The highest BCUT2D eigenvalue weighted by atomic mass is 19.1. The van der Waals surface area contributed by atoms with Gasteiger partial charge >= 0.3 is 0 Å². The van der Waals surface area contributed by atoms with E-state index in [1.165, 1.54) is 12.1 Å². The Morgan fingerprint density at radius 2 is 2.09 bits per heavy atom. The number of nitro groups is 1. The third kappa shape index (κ3) is 2.78. The number of benzene rings is 2. The van der Waals surface area contributed by atoms with Crippen molar-refractivity contribution in [2.24, 2.45) is 5.73 Å². The molecule has 1 atom stereocenters. The van der Waals surface area contributed by atoms with Crippen molar-refractivity contribution in [1.82, 2.24) is 0 Å². The van der Waals surface area contributed by atoms with Gasteiger partial charge in [0, 0.05) is 36.4 Å². The molecule has 1 aliphatic rings. The number of para-hydroxylation sites is 1. The molecule has 1 heterocycles. The van der Waals surface area contributed by atoms with Crippen LogP contribution in [-0.2, 0) is 13.0 Å². The molecule has 114 valence electrons. The Labute approximate surface area is 127 Å². The van der Waals surface area contributed by atoms with Gasteiger partial charge in [0.15, 0.2) is 0 Å². The SMILES string of the molecule is NC1Cc2ccccc2N(Cc2ccc([N+](=O)[O-])cc2F)C1. The topological polar surface area (TPSA) is 72.4 Å². The first kappa shape index (κ1) is 14.5. The largest absolute Gasteiger partial charge is 0.365 e. The Hall–Kier alpha value is -2.47. The smallest absolute Gasteiger partial charge is 0.272 e. The average molecular weight is 301 g/mol. The third-order valence-corrected chi connectivity index (χ3v) is 3.88. The maximum absolute atomic E-state index is 14.1. The van der Waals surface area contributed by atoms with Gasteiger partial charge in [-0.25, -0.2) is 4.39 Å². The summed E-state index contributed by atoms with van der Waals surface area (Å²) in [7, 11) is 0. The molecule has 3 rings (SSSR count). The van der Waals surface area contributed by atoms with Gasteiger partial charge in [-0.05, 0) is 24.1 Å². The summed E-state index contributed by atoms with van der Waals surface area (Å²) >= 11 is 0. The summed E-state index contributed by atoms with van der Waals surface area (Å²) in [4.78, 5) is 12.1. The first-order chi connectivity index (χ1) is 10.5. The molecule has 1 unspecified atom stereocenters. The van der Waals surface area contributed by atoms with Gasteiger partial charge in [0.05, 0.1) is 11.0 Å². The summed E-state index contributed by atoms with van der Waals surface area (Å²) in [5.74, 6) is -0.564. The minimum atomic E-state index is -0.598. The van der Waals surface area contributed by atoms with Gasteiger partial charge in [-0.3, -0.25) is 10.1 Å². The second kappa shape index (κ2) is 5.73. The van der Waals surface area contributed by atoms with Crippen LogP contribution in [0.3, 0.4) is 0 Å². The molecule has 0 amide bonds. The maximum Gasteiger partial charge on any atom is 0.272 e. The molecule has 0 aliphatic carbocycles. The van der Waals surface area contributed by atoms with E-state index < -0.39 is 10.7 Å². The summed E-state index contributed by atoms with van der Waals surface area (Å²) in [6.45, 7) is 0.974. The predicted molar refractivity (Wildman–Crippen MR) is 82.2 cm³/mol. The van der Waals surface area contributed by atoms with E-state index in [0.29, 0.717) is 18.7 Å². The minimum Gasteiger partial charge on any atom is -0.365 e. The number of fused-ring (bicyclic) bond motifs is 1. The number of hydrogen-bond donors (Lipinski definition) is 1. The molecule has 22 heavy (non-hydrogen) atoms. The van der Waals surface area contributed by atoms with Crippen LogP contribution < -0.4 is 10.6 Å². The second-order valence-corrected chi connectivity index (χ2v) is 5.51. The van der Waals surface area contributed by atoms with Gasteiger partial charge in [0.2, 0.25) is 0 Å². The third-order valence-electron chi connectivity index (χ3n) is 3.88. The van der Waals surface area contributed by atoms with Crippen LogP contribution in [-0.4, -0.2) is 17.5 Å². The van der Waals surface area contributed by atoms with Crippen LogP contribution in [0.4, 0.5) is 15.8 Å². The van der Waals surface area contributed by atoms with Crippen molar-refractivity contribution in [1.29, 1.82) is 0 Å². The van der Waals surface area contributed by atoms with Gasteiger partial charge in [0.25, 0.3) is 5.69 Å². The lowest BCUT2D eigenvalue weighted by Crippen LogP contribution is -2.43. The number of nitrogens with two attached hydrogens (primary N) is 1.